The molecule has 1 heterocycles. The van der Waals surface area contributed by atoms with Gasteiger partial charge in [0, 0.05) is 26.2 Å². The first kappa shape index (κ1) is 19.4. The van der Waals surface area contributed by atoms with E-state index in [4.69, 9.17) is 0 Å². The maximum Gasteiger partial charge on any atom is 0.243 e. The first-order valence-corrected chi connectivity index (χ1v) is 11.4. The van der Waals surface area contributed by atoms with Gasteiger partial charge in [-0.25, -0.2) is 21.1 Å². The van der Waals surface area contributed by atoms with Crippen LogP contribution in [0.2, 0.25) is 0 Å². The minimum absolute atomic E-state index is 0.133. The van der Waals surface area contributed by atoms with Gasteiger partial charge in [0.15, 0.2) is 0 Å². The Morgan fingerprint density at radius 3 is 2.25 bits per heavy atom. The highest BCUT2D eigenvalue weighted by molar-refractivity contribution is 7.89. The van der Waals surface area contributed by atoms with Crippen molar-refractivity contribution < 1.29 is 16.8 Å². The van der Waals surface area contributed by atoms with Crippen LogP contribution in [0.5, 0.6) is 0 Å². The lowest BCUT2D eigenvalue weighted by molar-refractivity contribution is 0.404. The van der Waals surface area contributed by atoms with E-state index in [2.05, 4.69) is 0 Å². The Bertz CT molecular complexity index is 760. The van der Waals surface area contributed by atoms with E-state index in [0.29, 0.717) is 36.4 Å². The second-order valence-electron chi connectivity index (χ2n) is 6.09. The number of benzene rings is 1. The third-order valence-corrected chi connectivity index (χ3v) is 8.29. The van der Waals surface area contributed by atoms with Gasteiger partial charge in [-0.3, -0.25) is 0 Å². The Kier molecular flexibility index (Phi) is 6.41. The fourth-order valence-corrected chi connectivity index (χ4v) is 6.20. The van der Waals surface area contributed by atoms with Crippen LogP contribution in [0.3, 0.4) is 0 Å². The lowest BCUT2D eigenvalue weighted by Gasteiger charge is -2.22. The zero-order chi connectivity index (χ0) is 17.8. The molecule has 0 saturated carbocycles. The molecule has 136 valence electrons. The van der Waals surface area contributed by atoms with Gasteiger partial charge >= 0.3 is 0 Å². The van der Waals surface area contributed by atoms with Gasteiger partial charge in [-0.15, -0.1) is 0 Å². The molecular weight excluding hydrogens is 348 g/mol. The average molecular weight is 375 g/mol. The van der Waals surface area contributed by atoms with Gasteiger partial charge in [0.05, 0.1) is 10.6 Å². The Labute approximate surface area is 145 Å². The van der Waals surface area contributed by atoms with Crippen LogP contribution in [-0.2, 0) is 20.0 Å². The van der Waals surface area contributed by atoms with Crippen molar-refractivity contribution in [3.8, 4) is 0 Å². The summed E-state index contributed by atoms with van der Waals surface area (Å²) in [6.07, 6.45) is 1.96. The fourth-order valence-electron chi connectivity index (χ4n) is 2.83. The quantitative estimate of drug-likeness (QED) is 0.761. The van der Waals surface area contributed by atoms with E-state index in [1.807, 2.05) is 6.92 Å². The lowest BCUT2D eigenvalue weighted by atomic mass is 10.2. The van der Waals surface area contributed by atoms with Crippen LogP contribution in [0.25, 0.3) is 0 Å². The van der Waals surface area contributed by atoms with Gasteiger partial charge in [0.25, 0.3) is 0 Å². The SMILES string of the molecule is CCCCS(=O)(=O)N1CCCN(S(=O)(=O)c2ccccc2C)CC1. The van der Waals surface area contributed by atoms with Crippen molar-refractivity contribution in [1.29, 1.82) is 0 Å². The molecule has 0 atom stereocenters. The zero-order valence-corrected chi connectivity index (χ0v) is 15.9. The zero-order valence-electron chi connectivity index (χ0n) is 14.3. The van der Waals surface area contributed by atoms with Crippen molar-refractivity contribution in [3.05, 3.63) is 29.8 Å². The van der Waals surface area contributed by atoms with Crippen LogP contribution in [0, 0.1) is 6.92 Å². The summed E-state index contributed by atoms with van der Waals surface area (Å²) in [5.74, 6) is 0.133. The van der Waals surface area contributed by atoms with Crippen molar-refractivity contribution in [2.75, 3.05) is 31.9 Å². The van der Waals surface area contributed by atoms with Gasteiger partial charge in [-0.05, 0) is 31.4 Å². The molecule has 0 aromatic heterocycles. The molecule has 1 aliphatic heterocycles. The smallest absolute Gasteiger partial charge is 0.212 e. The second-order valence-corrected chi connectivity index (χ2v) is 10.1. The summed E-state index contributed by atoms with van der Waals surface area (Å²) in [5, 5.41) is 0. The van der Waals surface area contributed by atoms with E-state index in [0.717, 1.165) is 6.42 Å². The van der Waals surface area contributed by atoms with Gasteiger partial charge in [-0.2, -0.15) is 4.31 Å². The molecule has 6 nitrogen and oxygen atoms in total. The summed E-state index contributed by atoms with van der Waals surface area (Å²) < 4.78 is 53.2. The molecule has 1 fully saturated rings. The highest BCUT2D eigenvalue weighted by atomic mass is 32.2. The molecule has 0 unspecified atom stereocenters. The number of sulfonamides is 2. The minimum Gasteiger partial charge on any atom is -0.212 e. The molecule has 1 aliphatic rings. The maximum atomic E-state index is 12.8. The van der Waals surface area contributed by atoms with E-state index in [1.54, 1.807) is 31.2 Å². The monoisotopic (exact) mass is 374 g/mol. The normalized spacial score (nSPS) is 18.4. The van der Waals surface area contributed by atoms with Gasteiger partial charge in [0.1, 0.15) is 0 Å². The van der Waals surface area contributed by atoms with Crippen LogP contribution in [-0.4, -0.2) is 57.4 Å². The number of hydrogen-bond acceptors (Lipinski definition) is 4. The molecule has 0 bridgehead atoms. The third-order valence-electron chi connectivity index (χ3n) is 4.27. The number of rotatable bonds is 6. The summed E-state index contributed by atoms with van der Waals surface area (Å²) in [6, 6.07) is 6.88. The van der Waals surface area contributed by atoms with Crippen LogP contribution in [0.4, 0.5) is 0 Å². The van der Waals surface area contributed by atoms with Gasteiger partial charge < -0.3 is 0 Å². The van der Waals surface area contributed by atoms with Crippen molar-refractivity contribution in [2.24, 2.45) is 0 Å². The van der Waals surface area contributed by atoms with Crippen molar-refractivity contribution in [2.45, 2.75) is 38.0 Å². The Balaban J connectivity index is 2.15. The first-order valence-electron chi connectivity index (χ1n) is 8.32. The molecule has 0 aliphatic carbocycles. The number of nitrogens with zero attached hydrogens (tertiary/aromatic N) is 2. The standard InChI is InChI=1S/C16H26N2O4S2/c1-3-4-14-23(19,20)17-10-7-11-18(13-12-17)24(21,22)16-9-6-5-8-15(16)2/h5-6,8-9H,3-4,7,10-14H2,1-2H3. The number of aryl methyl sites for hydroxylation is 1. The predicted octanol–water partition coefficient (Wildman–Crippen LogP) is 1.82. The Hall–Kier alpha value is -0.960. The van der Waals surface area contributed by atoms with Gasteiger partial charge in [-0.1, -0.05) is 31.5 Å². The van der Waals surface area contributed by atoms with Crippen molar-refractivity contribution in [3.63, 3.8) is 0 Å². The molecule has 1 aromatic carbocycles. The highest BCUT2D eigenvalue weighted by Crippen LogP contribution is 2.21. The molecule has 1 aromatic rings. The van der Waals surface area contributed by atoms with Crippen LogP contribution < -0.4 is 0 Å². The second kappa shape index (κ2) is 7.95. The molecule has 2 rings (SSSR count). The van der Waals surface area contributed by atoms with Crippen molar-refractivity contribution >= 4 is 20.0 Å². The molecule has 0 amide bonds. The molecule has 1 saturated heterocycles. The largest absolute Gasteiger partial charge is 0.243 e. The van der Waals surface area contributed by atoms with E-state index in [1.165, 1.54) is 8.61 Å². The molecule has 8 heteroatoms. The molecular formula is C16H26N2O4S2. The third kappa shape index (κ3) is 4.36. The molecule has 24 heavy (non-hydrogen) atoms. The molecule has 0 N–H and O–H groups in total. The Morgan fingerprint density at radius 2 is 1.58 bits per heavy atom. The lowest BCUT2D eigenvalue weighted by Crippen LogP contribution is -2.38. The predicted molar refractivity (Wildman–Crippen MR) is 94.8 cm³/mol. The summed E-state index contributed by atoms with van der Waals surface area (Å²) in [6.45, 7) is 4.86. The van der Waals surface area contributed by atoms with Crippen LogP contribution in [0.15, 0.2) is 29.2 Å². The number of unbranched alkanes of at least 4 members (excludes halogenated alkanes) is 1. The van der Waals surface area contributed by atoms with E-state index >= 15 is 0 Å². The maximum absolute atomic E-state index is 12.8. The topological polar surface area (TPSA) is 74.8 Å². The van der Waals surface area contributed by atoms with Crippen LogP contribution in [0.1, 0.15) is 31.7 Å². The van der Waals surface area contributed by atoms with Gasteiger partial charge in [0.2, 0.25) is 20.0 Å². The average Bonchev–Trinajstić information content (AvgIpc) is 2.80. The molecule has 0 spiro atoms. The van der Waals surface area contributed by atoms with Crippen molar-refractivity contribution in [1.82, 2.24) is 8.61 Å². The summed E-state index contributed by atoms with van der Waals surface area (Å²) in [7, 11) is -6.89. The van der Waals surface area contributed by atoms with E-state index in [9.17, 15) is 16.8 Å². The first-order chi connectivity index (χ1) is 11.3. The highest BCUT2D eigenvalue weighted by Gasteiger charge is 2.31. The van der Waals surface area contributed by atoms with E-state index in [-0.39, 0.29) is 18.8 Å². The number of hydrogen-bond donors (Lipinski definition) is 0. The van der Waals surface area contributed by atoms with E-state index < -0.39 is 20.0 Å². The summed E-state index contributed by atoms with van der Waals surface area (Å²) >= 11 is 0. The van der Waals surface area contributed by atoms with Crippen LogP contribution >= 0.6 is 0 Å². The minimum atomic E-state index is -3.59. The molecule has 0 radical (unpaired) electrons. The summed E-state index contributed by atoms with van der Waals surface area (Å²) in [5.41, 5.74) is 0.703. The Morgan fingerprint density at radius 1 is 0.958 bits per heavy atom. The fraction of sp³-hybridized carbons (Fsp3) is 0.625. The summed E-state index contributed by atoms with van der Waals surface area (Å²) in [4.78, 5) is 0.298.